The molecule has 2 atom stereocenters. The standard InChI is InChI=1S/C17H26N2O3/c20-16-12-19(13-17-21-8-9-22-17)7-6-15(16)11-18-10-14-4-2-1-3-5-14/h1-5,15-18,20H,6-13H2/t15?,16-/m1/s1. The van der Waals surface area contributed by atoms with Crippen molar-refractivity contribution < 1.29 is 14.6 Å². The molecule has 5 heteroatoms. The second-order valence-corrected chi connectivity index (χ2v) is 6.16. The fraction of sp³-hybridized carbons (Fsp3) is 0.647. The Kier molecular flexibility index (Phi) is 5.81. The Balaban J connectivity index is 1.37. The molecule has 3 rings (SSSR count). The van der Waals surface area contributed by atoms with Crippen LogP contribution in [0, 0.1) is 5.92 Å². The fourth-order valence-electron chi connectivity index (χ4n) is 3.17. The maximum absolute atomic E-state index is 10.3. The van der Waals surface area contributed by atoms with Gasteiger partial charge in [0.2, 0.25) is 0 Å². The molecule has 0 amide bonds. The molecular weight excluding hydrogens is 280 g/mol. The first kappa shape index (κ1) is 15.9. The van der Waals surface area contributed by atoms with E-state index in [-0.39, 0.29) is 12.4 Å². The highest BCUT2D eigenvalue weighted by Crippen LogP contribution is 2.19. The molecule has 0 aromatic heterocycles. The predicted octanol–water partition coefficient (Wildman–Crippen LogP) is 0.832. The van der Waals surface area contributed by atoms with E-state index >= 15 is 0 Å². The van der Waals surface area contributed by atoms with Gasteiger partial charge in [-0.1, -0.05) is 30.3 Å². The number of piperidine rings is 1. The van der Waals surface area contributed by atoms with Crippen LogP contribution < -0.4 is 5.32 Å². The molecule has 2 N–H and O–H groups in total. The van der Waals surface area contributed by atoms with Crippen molar-refractivity contribution in [3.8, 4) is 0 Å². The van der Waals surface area contributed by atoms with E-state index in [4.69, 9.17) is 9.47 Å². The molecule has 0 saturated carbocycles. The number of likely N-dealkylation sites (tertiary alicyclic amines) is 1. The average Bonchev–Trinajstić information content (AvgIpc) is 3.03. The second-order valence-electron chi connectivity index (χ2n) is 6.16. The van der Waals surface area contributed by atoms with Gasteiger partial charge in [-0.2, -0.15) is 0 Å². The van der Waals surface area contributed by atoms with Crippen LogP contribution in [0.25, 0.3) is 0 Å². The zero-order valence-corrected chi connectivity index (χ0v) is 13.0. The minimum absolute atomic E-state index is 0.111. The molecule has 0 spiro atoms. The number of rotatable bonds is 6. The van der Waals surface area contributed by atoms with E-state index in [1.807, 2.05) is 6.07 Å². The maximum atomic E-state index is 10.3. The molecule has 2 aliphatic heterocycles. The summed E-state index contributed by atoms with van der Waals surface area (Å²) in [6, 6.07) is 10.4. The molecule has 0 bridgehead atoms. The summed E-state index contributed by atoms with van der Waals surface area (Å²) in [6.07, 6.45) is 0.619. The number of hydrogen-bond acceptors (Lipinski definition) is 5. The van der Waals surface area contributed by atoms with Gasteiger partial charge in [0.1, 0.15) is 0 Å². The monoisotopic (exact) mass is 306 g/mol. The number of hydrogen-bond donors (Lipinski definition) is 2. The lowest BCUT2D eigenvalue weighted by Gasteiger charge is -2.36. The van der Waals surface area contributed by atoms with Gasteiger partial charge < -0.3 is 19.9 Å². The average molecular weight is 306 g/mol. The minimum atomic E-state index is -0.279. The lowest BCUT2D eigenvalue weighted by Crippen LogP contribution is -2.49. The summed E-state index contributed by atoms with van der Waals surface area (Å²) < 4.78 is 10.9. The third kappa shape index (κ3) is 4.51. The van der Waals surface area contributed by atoms with Crippen molar-refractivity contribution in [2.45, 2.75) is 25.4 Å². The summed E-state index contributed by atoms with van der Waals surface area (Å²) in [4.78, 5) is 2.24. The number of nitrogens with zero attached hydrogens (tertiary/aromatic N) is 1. The van der Waals surface area contributed by atoms with E-state index in [1.54, 1.807) is 0 Å². The van der Waals surface area contributed by atoms with Crippen molar-refractivity contribution in [3.63, 3.8) is 0 Å². The summed E-state index contributed by atoms with van der Waals surface area (Å²) in [5.41, 5.74) is 1.28. The van der Waals surface area contributed by atoms with Crippen molar-refractivity contribution in [1.29, 1.82) is 0 Å². The lowest BCUT2D eigenvalue weighted by molar-refractivity contribution is -0.0782. The fourth-order valence-corrected chi connectivity index (χ4v) is 3.17. The highest BCUT2D eigenvalue weighted by atomic mass is 16.7. The van der Waals surface area contributed by atoms with Crippen LogP contribution >= 0.6 is 0 Å². The third-order valence-electron chi connectivity index (χ3n) is 4.48. The van der Waals surface area contributed by atoms with Gasteiger partial charge in [-0.15, -0.1) is 0 Å². The SMILES string of the molecule is O[C@@H]1CN(CC2OCCO2)CCC1CNCc1ccccc1. The van der Waals surface area contributed by atoms with E-state index in [0.29, 0.717) is 25.7 Å². The van der Waals surface area contributed by atoms with Gasteiger partial charge in [0.15, 0.2) is 6.29 Å². The molecule has 1 aromatic carbocycles. The first-order valence-electron chi connectivity index (χ1n) is 8.19. The van der Waals surface area contributed by atoms with E-state index < -0.39 is 0 Å². The van der Waals surface area contributed by atoms with Gasteiger partial charge in [0.05, 0.1) is 19.3 Å². The smallest absolute Gasteiger partial charge is 0.170 e. The molecule has 1 unspecified atom stereocenters. The highest BCUT2D eigenvalue weighted by Gasteiger charge is 2.29. The zero-order valence-electron chi connectivity index (χ0n) is 13.0. The summed E-state index contributed by atoms with van der Waals surface area (Å²) in [6.45, 7) is 5.57. The number of β-amino-alcohol motifs (C(OH)–C–C–N with tert-alkyl or cyclic N) is 1. The molecule has 0 aliphatic carbocycles. The number of aliphatic hydroxyl groups excluding tert-OH is 1. The van der Waals surface area contributed by atoms with E-state index in [0.717, 1.165) is 32.6 Å². The summed E-state index contributed by atoms with van der Waals surface area (Å²) in [5.74, 6) is 0.324. The second kappa shape index (κ2) is 8.04. The molecule has 2 saturated heterocycles. The molecule has 0 radical (unpaired) electrons. The topological polar surface area (TPSA) is 54.0 Å². The Labute approximate surface area is 132 Å². The van der Waals surface area contributed by atoms with Crippen molar-refractivity contribution >= 4 is 0 Å². The molecule has 2 fully saturated rings. The van der Waals surface area contributed by atoms with Crippen molar-refractivity contribution in [2.24, 2.45) is 5.92 Å². The van der Waals surface area contributed by atoms with Crippen LogP contribution in [0.1, 0.15) is 12.0 Å². The molecule has 122 valence electrons. The van der Waals surface area contributed by atoms with Crippen LogP contribution in [0.3, 0.4) is 0 Å². The minimum Gasteiger partial charge on any atom is -0.391 e. The Morgan fingerprint density at radius 1 is 1.18 bits per heavy atom. The maximum Gasteiger partial charge on any atom is 0.170 e. The van der Waals surface area contributed by atoms with Gasteiger partial charge in [0, 0.05) is 26.2 Å². The van der Waals surface area contributed by atoms with Gasteiger partial charge in [0.25, 0.3) is 0 Å². The Bertz CT molecular complexity index is 437. The molecule has 2 heterocycles. The Morgan fingerprint density at radius 2 is 1.95 bits per heavy atom. The summed E-state index contributed by atoms with van der Waals surface area (Å²) in [5, 5.41) is 13.8. The van der Waals surface area contributed by atoms with Crippen LogP contribution in [-0.4, -0.2) is 61.8 Å². The molecule has 5 nitrogen and oxygen atoms in total. The zero-order chi connectivity index (χ0) is 15.2. The van der Waals surface area contributed by atoms with Crippen molar-refractivity contribution in [1.82, 2.24) is 10.2 Å². The third-order valence-corrected chi connectivity index (χ3v) is 4.48. The van der Waals surface area contributed by atoms with Gasteiger partial charge in [-0.3, -0.25) is 4.90 Å². The van der Waals surface area contributed by atoms with E-state index in [1.165, 1.54) is 5.56 Å². The molecule has 2 aliphatic rings. The number of aliphatic hydroxyl groups is 1. The Morgan fingerprint density at radius 3 is 2.68 bits per heavy atom. The predicted molar refractivity (Wildman–Crippen MR) is 84.4 cm³/mol. The molecule has 1 aromatic rings. The summed E-state index contributed by atoms with van der Waals surface area (Å²) in [7, 11) is 0. The lowest BCUT2D eigenvalue weighted by atomic mass is 9.93. The molecular formula is C17H26N2O3. The van der Waals surface area contributed by atoms with Crippen molar-refractivity contribution in [3.05, 3.63) is 35.9 Å². The first-order valence-corrected chi connectivity index (χ1v) is 8.19. The number of ether oxygens (including phenoxy) is 2. The van der Waals surface area contributed by atoms with Crippen LogP contribution in [0.5, 0.6) is 0 Å². The van der Waals surface area contributed by atoms with Crippen LogP contribution in [0.15, 0.2) is 30.3 Å². The highest BCUT2D eigenvalue weighted by molar-refractivity contribution is 5.14. The van der Waals surface area contributed by atoms with Crippen molar-refractivity contribution in [2.75, 3.05) is 39.4 Å². The first-order chi connectivity index (χ1) is 10.8. The van der Waals surface area contributed by atoms with Crippen LogP contribution in [-0.2, 0) is 16.0 Å². The Hall–Kier alpha value is -0.980. The van der Waals surface area contributed by atoms with Gasteiger partial charge >= 0.3 is 0 Å². The van der Waals surface area contributed by atoms with Gasteiger partial charge in [-0.25, -0.2) is 0 Å². The van der Waals surface area contributed by atoms with Crippen LogP contribution in [0.4, 0.5) is 0 Å². The number of benzene rings is 1. The summed E-state index contributed by atoms with van der Waals surface area (Å²) >= 11 is 0. The molecule has 22 heavy (non-hydrogen) atoms. The van der Waals surface area contributed by atoms with E-state index in [2.05, 4.69) is 34.5 Å². The quantitative estimate of drug-likeness (QED) is 0.815. The van der Waals surface area contributed by atoms with E-state index in [9.17, 15) is 5.11 Å². The number of nitrogens with one attached hydrogen (secondary N) is 1. The normalized spacial score (nSPS) is 27.3. The van der Waals surface area contributed by atoms with Crippen LogP contribution in [0.2, 0.25) is 0 Å². The largest absolute Gasteiger partial charge is 0.391 e. The van der Waals surface area contributed by atoms with Gasteiger partial charge in [-0.05, 0) is 24.4 Å².